The molecule has 2 atom stereocenters. The fourth-order valence-corrected chi connectivity index (χ4v) is 4.12. The quantitative estimate of drug-likeness (QED) is 0.886. The van der Waals surface area contributed by atoms with Crippen molar-refractivity contribution in [3.05, 3.63) is 40.3 Å². The molecule has 2 aliphatic heterocycles. The van der Waals surface area contributed by atoms with Gasteiger partial charge in [-0.2, -0.15) is 5.10 Å². The van der Waals surface area contributed by atoms with Gasteiger partial charge in [-0.3, -0.25) is 9.48 Å². The zero-order chi connectivity index (χ0) is 16.4. The van der Waals surface area contributed by atoms with E-state index in [0.717, 1.165) is 25.9 Å². The Balaban J connectivity index is 0.00000182. The molecule has 25 heavy (non-hydrogen) atoms. The number of rotatable bonds is 3. The molecule has 6 nitrogen and oxygen atoms in total. The number of carbonyl (C=O) groups is 1. The van der Waals surface area contributed by atoms with Crippen LogP contribution in [0.25, 0.3) is 0 Å². The molecule has 2 fully saturated rings. The number of piperidine rings is 1. The van der Waals surface area contributed by atoms with E-state index in [0.29, 0.717) is 31.4 Å². The molecule has 4 heterocycles. The number of hydrogen-bond acceptors (Lipinski definition) is 5. The van der Waals surface area contributed by atoms with Crippen LogP contribution in [-0.2, 0) is 4.74 Å². The number of aromatic nitrogens is 2. The van der Waals surface area contributed by atoms with E-state index in [1.807, 2.05) is 33.3 Å². The summed E-state index contributed by atoms with van der Waals surface area (Å²) < 4.78 is 7.76. The third-order valence-corrected chi connectivity index (χ3v) is 5.65. The van der Waals surface area contributed by atoms with Gasteiger partial charge in [0, 0.05) is 24.2 Å². The molecule has 1 amide bonds. The van der Waals surface area contributed by atoms with Crippen LogP contribution in [-0.4, -0.2) is 53.4 Å². The van der Waals surface area contributed by atoms with Gasteiger partial charge in [0.1, 0.15) is 11.8 Å². The first-order chi connectivity index (χ1) is 11.8. The van der Waals surface area contributed by atoms with E-state index in [9.17, 15) is 4.79 Å². The smallest absolute Gasteiger partial charge is 0.274 e. The first kappa shape index (κ1) is 18.4. The standard InChI is InChI=1S/C17H22N4O2S.ClH/c22-17(14-5-7-21(19-14)13-3-1-6-18-11-13)20-8-9-23-15(12-20)16-4-2-10-24-16;/h2,4-5,7,10,13,15,18H,1,3,6,8-9,11-12H2;1H. The third-order valence-electron chi connectivity index (χ3n) is 4.69. The first-order valence-electron chi connectivity index (χ1n) is 8.51. The van der Waals surface area contributed by atoms with E-state index in [1.54, 1.807) is 11.3 Å². The van der Waals surface area contributed by atoms with Crippen LogP contribution in [0.15, 0.2) is 29.8 Å². The number of nitrogens with one attached hydrogen (secondary N) is 1. The molecule has 2 aromatic rings. The van der Waals surface area contributed by atoms with Crippen molar-refractivity contribution in [2.75, 3.05) is 32.8 Å². The highest BCUT2D eigenvalue weighted by molar-refractivity contribution is 7.10. The van der Waals surface area contributed by atoms with Crippen molar-refractivity contribution in [3.8, 4) is 0 Å². The minimum absolute atomic E-state index is 0. The molecule has 2 aromatic heterocycles. The molecule has 1 N–H and O–H groups in total. The van der Waals surface area contributed by atoms with Crippen LogP contribution < -0.4 is 5.32 Å². The predicted molar refractivity (Wildman–Crippen MR) is 99.5 cm³/mol. The van der Waals surface area contributed by atoms with Crippen molar-refractivity contribution >= 4 is 29.7 Å². The van der Waals surface area contributed by atoms with Crippen molar-refractivity contribution in [3.63, 3.8) is 0 Å². The summed E-state index contributed by atoms with van der Waals surface area (Å²) in [4.78, 5) is 15.8. The molecular weight excluding hydrogens is 360 g/mol. The number of amides is 1. The molecule has 0 aromatic carbocycles. The van der Waals surface area contributed by atoms with Gasteiger partial charge < -0.3 is 15.0 Å². The molecule has 2 unspecified atom stereocenters. The minimum atomic E-state index is -0.0210. The highest BCUT2D eigenvalue weighted by atomic mass is 35.5. The van der Waals surface area contributed by atoms with Crippen LogP contribution in [0.1, 0.15) is 40.4 Å². The third kappa shape index (κ3) is 4.06. The van der Waals surface area contributed by atoms with E-state index < -0.39 is 0 Å². The summed E-state index contributed by atoms with van der Waals surface area (Å²) in [5.41, 5.74) is 0.535. The molecule has 0 radical (unpaired) electrons. The van der Waals surface area contributed by atoms with Crippen LogP contribution in [0.5, 0.6) is 0 Å². The average molecular weight is 383 g/mol. The lowest BCUT2D eigenvalue weighted by Gasteiger charge is -2.32. The number of morpholine rings is 1. The monoisotopic (exact) mass is 382 g/mol. The van der Waals surface area contributed by atoms with Gasteiger partial charge in [0.05, 0.1) is 19.2 Å². The van der Waals surface area contributed by atoms with Crippen molar-refractivity contribution in [1.29, 1.82) is 0 Å². The van der Waals surface area contributed by atoms with Gasteiger partial charge in [-0.05, 0) is 36.9 Å². The van der Waals surface area contributed by atoms with Crippen molar-refractivity contribution in [2.45, 2.75) is 25.0 Å². The second-order valence-corrected chi connectivity index (χ2v) is 7.29. The van der Waals surface area contributed by atoms with Gasteiger partial charge in [0.25, 0.3) is 5.91 Å². The molecule has 2 aliphatic rings. The van der Waals surface area contributed by atoms with Crippen LogP contribution in [0.2, 0.25) is 0 Å². The van der Waals surface area contributed by atoms with E-state index in [4.69, 9.17) is 4.74 Å². The molecule has 0 spiro atoms. The van der Waals surface area contributed by atoms with Gasteiger partial charge >= 0.3 is 0 Å². The Morgan fingerprint density at radius 1 is 1.40 bits per heavy atom. The normalized spacial score (nSPS) is 23.9. The Morgan fingerprint density at radius 3 is 3.08 bits per heavy atom. The maximum Gasteiger partial charge on any atom is 0.274 e. The highest BCUT2D eigenvalue weighted by Gasteiger charge is 2.28. The van der Waals surface area contributed by atoms with E-state index >= 15 is 0 Å². The minimum Gasteiger partial charge on any atom is -0.369 e. The largest absolute Gasteiger partial charge is 0.369 e. The Morgan fingerprint density at radius 2 is 2.32 bits per heavy atom. The number of nitrogens with zero attached hydrogens (tertiary/aromatic N) is 3. The molecule has 0 bridgehead atoms. The summed E-state index contributed by atoms with van der Waals surface area (Å²) >= 11 is 1.67. The van der Waals surface area contributed by atoms with Crippen molar-refractivity contribution < 1.29 is 9.53 Å². The van der Waals surface area contributed by atoms with Crippen molar-refractivity contribution in [1.82, 2.24) is 20.0 Å². The van der Waals surface area contributed by atoms with E-state index in [2.05, 4.69) is 16.5 Å². The maximum atomic E-state index is 12.8. The maximum absolute atomic E-state index is 12.8. The summed E-state index contributed by atoms with van der Waals surface area (Å²) in [5, 5.41) is 9.97. The van der Waals surface area contributed by atoms with Gasteiger partial charge in [0.2, 0.25) is 0 Å². The number of halogens is 1. The lowest BCUT2D eigenvalue weighted by atomic mass is 10.1. The zero-order valence-corrected chi connectivity index (χ0v) is 15.6. The van der Waals surface area contributed by atoms with Crippen LogP contribution in [0.3, 0.4) is 0 Å². The molecule has 0 saturated carbocycles. The Bertz CT molecular complexity index is 685. The van der Waals surface area contributed by atoms with Crippen LogP contribution in [0.4, 0.5) is 0 Å². The fraction of sp³-hybridized carbons (Fsp3) is 0.529. The van der Waals surface area contributed by atoms with E-state index in [-0.39, 0.29) is 24.4 Å². The summed E-state index contributed by atoms with van der Waals surface area (Å²) in [6.07, 6.45) is 4.18. The highest BCUT2D eigenvalue weighted by Crippen LogP contribution is 2.26. The van der Waals surface area contributed by atoms with Crippen LogP contribution >= 0.6 is 23.7 Å². The lowest BCUT2D eigenvalue weighted by molar-refractivity contribution is -0.0214. The average Bonchev–Trinajstić information content (AvgIpc) is 3.34. The molecule has 0 aliphatic carbocycles. The second-order valence-electron chi connectivity index (χ2n) is 6.31. The molecule has 2 saturated heterocycles. The summed E-state index contributed by atoms with van der Waals surface area (Å²) in [7, 11) is 0. The van der Waals surface area contributed by atoms with Gasteiger partial charge in [-0.1, -0.05) is 6.07 Å². The molecule has 4 rings (SSSR count). The summed E-state index contributed by atoms with van der Waals surface area (Å²) in [6.45, 7) is 3.78. The number of ether oxygens (including phenoxy) is 1. The van der Waals surface area contributed by atoms with Gasteiger partial charge in [-0.15, -0.1) is 23.7 Å². The molecular formula is C17H23ClN4O2S. The summed E-state index contributed by atoms with van der Waals surface area (Å²) in [5.74, 6) is 0.00220. The van der Waals surface area contributed by atoms with Crippen molar-refractivity contribution in [2.24, 2.45) is 0 Å². The summed E-state index contributed by atoms with van der Waals surface area (Å²) in [6, 6.07) is 6.27. The van der Waals surface area contributed by atoms with E-state index in [1.165, 1.54) is 4.88 Å². The second kappa shape index (κ2) is 8.31. The molecule has 136 valence electrons. The molecule has 8 heteroatoms. The lowest BCUT2D eigenvalue weighted by Crippen LogP contribution is -2.42. The Hall–Kier alpha value is -1.41. The number of carbonyl (C=O) groups excluding carboxylic acids is 1. The van der Waals surface area contributed by atoms with Gasteiger partial charge in [-0.25, -0.2) is 0 Å². The Labute approximate surface area is 157 Å². The topological polar surface area (TPSA) is 59.4 Å². The predicted octanol–water partition coefficient (Wildman–Crippen LogP) is 2.50. The Kier molecular flexibility index (Phi) is 6.11. The first-order valence-corrected chi connectivity index (χ1v) is 9.39. The van der Waals surface area contributed by atoms with Gasteiger partial charge in [0.15, 0.2) is 0 Å². The van der Waals surface area contributed by atoms with Crippen LogP contribution in [0, 0.1) is 0 Å². The number of thiophene rings is 1. The zero-order valence-electron chi connectivity index (χ0n) is 14.0. The SMILES string of the molecule is Cl.O=C(c1ccn(C2CCCNC2)n1)N1CCOC(c2cccs2)C1. The number of hydrogen-bond donors (Lipinski definition) is 1. The fourth-order valence-electron chi connectivity index (χ4n) is 3.36.